The van der Waals surface area contributed by atoms with Gasteiger partial charge in [-0.2, -0.15) is 0 Å². The van der Waals surface area contributed by atoms with Gasteiger partial charge >= 0.3 is 5.97 Å². The fraction of sp³-hybridized carbons (Fsp3) is 0.857. The SMILES string of the molecule is CC(C)(C)CC(N)CC(=O)N1CCC(CC(=O)O)C1. The Balaban J connectivity index is 2.37. The van der Waals surface area contributed by atoms with Crippen molar-refractivity contribution in [3.63, 3.8) is 0 Å². The Morgan fingerprint density at radius 1 is 1.42 bits per heavy atom. The maximum Gasteiger partial charge on any atom is 0.303 e. The first-order chi connectivity index (χ1) is 8.67. The zero-order valence-corrected chi connectivity index (χ0v) is 12.2. The zero-order valence-electron chi connectivity index (χ0n) is 12.2. The molecule has 0 radical (unpaired) electrons. The van der Waals surface area contributed by atoms with E-state index in [1.54, 1.807) is 4.90 Å². The van der Waals surface area contributed by atoms with E-state index in [0.717, 1.165) is 12.8 Å². The van der Waals surface area contributed by atoms with Gasteiger partial charge in [0.05, 0.1) is 0 Å². The smallest absolute Gasteiger partial charge is 0.303 e. The number of carbonyl (C=O) groups excluding carboxylic acids is 1. The van der Waals surface area contributed by atoms with Gasteiger partial charge in [-0.25, -0.2) is 0 Å². The fourth-order valence-corrected chi connectivity index (χ4v) is 2.68. The first-order valence-electron chi connectivity index (χ1n) is 6.92. The number of hydrogen-bond acceptors (Lipinski definition) is 3. The molecule has 2 atom stereocenters. The first kappa shape index (κ1) is 16.0. The number of carbonyl (C=O) groups is 2. The Bertz CT molecular complexity index is 336. The maximum atomic E-state index is 12.1. The molecule has 0 aromatic rings. The van der Waals surface area contributed by atoms with Gasteiger partial charge in [0.25, 0.3) is 0 Å². The molecule has 0 saturated carbocycles. The number of nitrogens with two attached hydrogens (primary N) is 1. The molecule has 1 saturated heterocycles. The van der Waals surface area contributed by atoms with Crippen LogP contribution in [0.3, 0.4) is 0 Å². The topological polar surface area (TPSA) is 83.6 Å². The minimum atomic E-state index is -0.788. The predicted molar refractivity (Wildman–Crippen MR) is 73.6 cm³/mol. The molecule has 1 aliphatic rings. The third-order valence-electron chi connectivity index (χ3n) is 3.41. The highest BCUT2D eigenvalue weighted by molar-refractivity contribution is 5.77. The van der Waals surface area contributed by atoms with E-state index in [1.807, 2.05) is 0 Å². The minimum Gasteiger partial charge on any atom is -0.481 e. The molecule has 19 heavy (non-hydrogen) atoms. The van der Waals surface area contributed by atoms with Crippen molar-refractivity contribution < 1.29 is 14.7 Å². The van der Waals surface area contributed by atoms with Gasteiger partial charge in [-0.3, -0.25) is 9.59 Å². The normalized spacial score (nSPS) is 21.5. The summed E-state index contributed by atoms with van der Waals surface area (Å²) < 4.78 is 0. The lowest BCUT2D eigenvalue weighted by atomic mass is 9.87. The van der Waals surface area contributed by atoms with E-state index in [-0.39, 0.29) is 29.7 Å². The second-order valence-electron chi connectivity index (χ2n) is 6.82. The average molecular weight is 270 g/mol. The summed E-state index contributed by atoms with van der Waals surface area (Å²) in [7, 11) is 0. The first-order valence-corrected chi connectivity index (χ1v) is 6.92. The average Bonchev–Trinajstić information content (AvgIpc) is 2.61. The Hall–Kier alpha value is -1.10. The molecule has 0 aromatic heterocycles. The molecular formula is C14H26N2O3. The molecular weight excluding hydrogens is 244 g/mol. The second kappa shape index (κ2) is 6.37. The summed E-state index contributed by atoms with van der Waals surface area (Å²) in [5, 5.41) is 8.75. The summed E-state index contributed by atoms with van der Waals surface area (Å²) in [4.78, 5) is 24.5. The van der Waals surface area contributed by atoms with E-state index < -0.39 is 5.97 Å². The van der Waals surface area contributed by atoms with Gasteiger partial charge in [-0.1, -0.05) is 20.8 Å². The second-order valence-corrected chi connectivity index (χ2v) is 6.82. The monoisotopic (exact) mass is 270 g/mol. The molecule has 1 fully saturated rings. The number of nitrogens with zero attached hydrogens (tertiary/aromatic N) is 1. The molecule has 0 bridgehead atoms. The standard InChI is InChI=1S/C14H26N2O3/c1-14(2,3)8-11(15)7-12(17)16-5-4-10(9-16)6-13(18)19/h10-11H,4-9,15H2,1-3H3,(H,18,19). The number of carboxylic acid groups (broad SMARTS) is 1. The van der Waals surface area contributed by atoms with Gasteiger partial charge in [0.1, 0.15) is 0 Å². The van der Waals surface area contributed by atoms with Crippen LogP contribution in [-0.2, 0) is 9.59 Å². The summed E-state index contributed by atoms with van der Waals surface area (Å²) in [6, 6.07) is -0.119. The predicted octanol–water partition coefficient (Wildman–Crippen LogP) is 1.46. The van der Waals surface area contributed by atoms with E-state index >= 15 is 0 Å². The Kier molecular flexibility index (Phi) is 5.35. The van der Waals surface area contributed by atoms with Crippen molar-refractivity contribution in [2.75, 3.05) is 13.1 Å². The molecule has 0 aromatic carbocycles. The van der Waals surface area contributed by atoms with E-state index in [0.29, 0.717) is 19.5 Å². The van der Waals surface area contributed by atoms with Crippen molar-refractivity contribution in [1.82, 2.24) is 4.90 Å². The van der Waals surface area contributed by atoms with Crippen LogP contribution < -0.4 is 5.73 Å². The Labute approximate surface area is 115 Å². The summed E-state index contributed by atoms with van der Waals surface area (Å²) in [5.74, 6) is -0.631. The fourth-order valence-electron chi connectivity index (χ4n) is 2.68. The van der Waals surface area contributed by atoms with Crippen LogP contribution in [0.4, 0.5) is 0 Å². The maximum absolute atomic E-state index is 12.1. The van der Waals surface area contributed by atoms with Crippen molar-refractivity contribution >= 4 is 11.9 Å². The molecule has 1 amide bonds. The third kappa shape index (κ3) is 6.05. The lowest BCUT2D eigenvalue weighted by Gasteiger charge is -2.24. The van der Waals surface area contributed by atoms with Crippen LogP contribution in [0.15, 0.2) is 0 Å². The van der Waals surface area contributed by atoms with Crippen molar-refractivity contribution in [1.29, 1.82) is 0 Å². The van der Waals surface area contributed by atoms with Gasteiger partial charge < -0.3 is 15.7 Å². The van der Waals surface area contributed by atoms with Gasteiger partial charge in [0.15, 0.2) is 0 Å². The highest BCUT2D eigenvalue weighted by Crippen LogP contribution is 2.23. The highest BCUT2D eigenvalue weighted by Gasteiger charge is 2.29. The number of hydrogen-bond donors (Lipinski definition) is 2. The van der Waals surface area contributed by atoms with Crippen molar-refractivity contribution in [2.24, 2.45) is 17.1 Å². The van der Waals surface area contributed by atoms with E-state index in [9.17, 15) is 9.59 Å². The van der Waals surface area contributed by atoms with Crippen LogP contribution in [0.25, 0.3) is 0 Å². The van der Waals surface area contributed by atoms with Crippen molar-refractivity contribution in [3.8, 4) is 0 Å². The largest absolute Gasteiger partial charge is 0.481 e. The molecule has 1 heterocycles. The molecule has 5 heteroatoms. The van der Waals surface area contributed by atoms with Crippen LogP contribution >= 0.6 is 0 Å². The Morgan fingerprint density at radius 2 is 2.05 bits per heavy atom. The molecule has 0 aliphatic carbocycles. The van der Waals surface area contributed by atoms with Crippen LogP contribution in [0.5, 0.6) is 0 Å². The number of likely N-dealkylation sites (tertiary alicyclic amines) is 1. The number of amides is 1. The quantitative estimate of drug-likeness (QED) is 0.792. The van der Waals surface area contributed by atoms with E-state index in [1.165, 1.54) is 0 Å². The molecule has 1 aliphatic heterocycles. The summed E-state index contributed by atoms with van der Waals surface area (Å²) in [5.41, 5.74) is 6.12. The van der Waals surface area contributed by atoms with Gasteiger partial charge in [-0.05, 0) is 24.2 Å². The molecule has 5 nitrogen and oxygen atoms in total. The molecule has 3 N–H and O–H groups in total. The number of rotatable bonds is 5. The van der Waals surface area contributed by atoms with Crippen LogP contribution in [0, 0.1) is 11.3 Å². The molecule has 1 rings (SSSR count). The van der Waals surface area contributed by atoms with E-state index in [4.69, 9.17) is 10.8 Å². The van der Waals surface area contributed by atoms with Gasteiger partial charge in [0.2, 0.25) is 5.91 Å². The summed E-state index contributed by atoms with van der Waals surface area (Å²) in [6.07, 6.45) is 2.10. The lowest BCUT2D eigenvalue weighted by Crippen LogP contribution is -2.36. The summed E-state index contributed by atoms with van der Waals surface area (Å²) >= 11 is 0. The van der Waals surface area contributed by atoms with Gasteiger partial charge in [0, 0.05) is 32.0 Å². The minimum absolute atomic E-state index is 0.0599. The third-order valence-corrected chi connectivity index (χ3v) is 3.41. The summed E-state index contributed by atoms with van der Waals surface area (Å²) in [6.45, 7) is 7.55. The Morgan fingerprint density at radius 3 is 2.58 bits per heavy atom. The number of aliphatic carboxylic acids is 1. The lowest BCUT2D eigenvalue weighted by molar-refractivity contribution is -0.138. The van der Waals surface area contributed by atoms with Crippen molar-refractivity contribution in [3.05, 3.63) is 0 Å². The van der Waals surface area contributed by atoms with Gasteiger partial charge in [-0.15, -0.1) is 0 Å². The molecule has 0 spiro atoms. The highest BCUT2D eigenvalue weighted by atomic mass is 16.4. The zero-order chi connectivity index (χ0) is 14.6. The molecule has 2 unspecified atom stereocenters. The van der Waals surface area contributed by atoms with Crippen LogP contribution in [-0.4, -0.2) is 41.0 Å². The van der Waals surface area contributed by atoms with E-state index in [2.05, 4.69) is 20.8 Å². The van der Waals surface area contributed by atoms with Crippen LogP contribution in [0.2, 0.25) is 0 Å². The van der Waals surface area contributed by atoms with Crippen LogP contribution in [0.1, 0.15) is 46.5 Å². The van der Waals surface area contributed by atoms with Crippen molar-refractivity contribution in [2.45, 2.75) is 52.5 Å². The molecule has 110 valence electrons. The number of carboxylic acids is 1.